The molecule has 7 heteroatoms. The van der Waals surface area contributed by atoms with Crippen molar-refractivity contribution in [1.29, 1.82) is 0 Å². The lowest BCUT2D eigenvalue weighted by Crippen LogP contribution is -2.67. The van der Waals surface area contributed by atoms with E-state index in [4.69, 9.17) is 10.5 Å². The monoisotopic (exact) mass is 751 g/mol. The summed E-state index contributed by atoms with van der Waals surface area (Å²) in [5, 5.41) is 34.7. The van der Waals surface area contributed by atoms with Gasteiger partial charge in [-0.15, -0.1) is 0 Å². The quantitative estimate of drug-likeness (QED) is 0.148. The Morgan fingerprint density at radius 2 is 1.67 bits per heavy atom. The number of hydrogen-bond acceptors (Lipinski definition) is 7. The van der Waals surface area contributed by atoms with Crippen LogP contribution in [0.3, 0.4) is 0 Å². The molecule has 5 aliphatic carbocycles. The number of aliphatic hydroxyl groups excluding tert-OH is 2. The van der Waals surface area contributed by atoms with Crippen molar-refractivity contribution in [3.05, 3.63) is 70.8 Å². The Labute approximate surface area is 328 Å². The van der Waals surface area contributed by atoms with Crippen LogP contribution in [-0.2, 0) is 14.3 Å². The summed E-state index contributed by atoms with van der Waals surface area (Å²) < 4.78 is 6.51. The van der Waals surface area contributed by atoms with Gasteiger partial charge < -0.3 is 25.8 Å². The van der Waals surface area contributed by atoms with Crippen molar-refractivity contribution >= 4 is 17.3 Å². The molecule has 0 amide bonds. The number of anilines is 1. The van der Waals surface area contributed by atoms with E-state index in [1.165, 1.54) is 11.1 Å². The van der Waals surface area contributed by atoms with Crippen LogP contribution in [0, 0.1) is 45.3 Å². The zero-order valence-corrected chi connectivity index (χ0v) is 34.2. The van der Waals surface area contributed by atoms with Gasteiger partial charge in [-0.05, 0) is 134 Å². The van der Waals surface area contributed by atoms with Gasteiger partial charge in [0.1, 0.15) is 17.6 Å². The van der Waals surface area contributed by atoms with Crippen molar-refractivity contribution in [3.63, 3.8) is 0 Å². The second kappa shape index (κ2) is 13.3. The molecule has 0 radical (unpaired) electrons. The lowest BCUT2D eigenvalue weighted by molar-refractivity contribution is -0.219. The van der Waals surface area contributed by atoms with E-state index in [-0.39, 0.29) is 57.9 Å². The molecule has 1 saturated heterocycles. The van der Waals surface area contributed by atoms with Gasteiger partial charge in [-0.1, -0.05) is 84.2 Å². The first-order valence-electron chi connectivity index (χ1n) is 21.4. The number of allylic oxidation sites excluding steroid dienone is 2. The molecular weight excluding hydrogens is 687 g/mol. The predicted octanol–water partition coefficient (Wildman–Crippen LogP) is 9.04. The van der Waals surface area contributed by atoms with Crippen molar-refractivity contribution in [2.24, 2.45) is 45.3 Å². The number of aliphatic hydroxyl groups is 2. The van der Waals surface area contributed by atoms with Crippen LogP contribution in [0.5, 0.6) is 5.75 Å². The van der Waals surface area contributed by atoms with Crippen LogP contribution in [0.25, 0.3) is 0 Å². The Morgan fingerprint density at radius 3 is 2.38 bits per heavy atom. The maximum Gasteiger partial charge on any atom is 0.160 e. The highest BCUT2D eigenvalue weighted by Gasteiger charge is 2.71. The Balaban J connectivity index is 1.08. The number of epoxide rings is 1. The first-order valence-corrected chi connectivity index (χ1v) is 21.4. The van der Waals surface area contributed by atoms with E-state index in [9.17, 15) is 24.9 Å². The molecule has 4 saturated carbocycles. The first-order chi connectivity index (χ1) is 25.9. The number of phenols is 1. The van der Waals surface area contributed by atoms with Gasteiger partial charge in [0.2, 0.25) is 0 Å². The molecular formula is C48H65NO6. The van der Waals surface area contributed by atoms with Crippen LogP contribution in [-0.4, -0.2) is 50.8 Å². The Kier molecular flexibility index (Phi) is 9.38. The molecule has 1 aliphatic heterocycles. The highest BCUT2D eigenvalue weighted by Crippen LogP contribution is 2.75. The number of ether oxygens (including phenoxy) is 1. The van der Waals surface area contributed by atoms with Crippen molar-refractivity contribution in [3.8, 4) is 5.75 Å². The summed E-state index contributed by atoms with van der Waals surface area (Å²) in [5.41, 5.74) is 8.93. The lowest BCUT2D eigenvalue weighted by Gasteiger charge is -2.69. The van der Waals surface area contributed by atoms with E-state index in [0.717, 1.165) is 61.8 Å². The molecule has 298 valence electrons. The second-order valence-corrected chi connectivity index (χ2v) is 20.4. The molecule has 6 aliphatic rings. The van der Waals surface area contributed by atoms with E-state index in [1.807, 2.05) is 38.1 Å². The normalized spacial score (nSPS) is 41.7. The number of nitrogen functional groups attached to an aromatic ring is 1. The Hall–Kier alpha value is -3.00. The average Bonchev–Trinajstić information content (AvgIpc) is 3.42. The third kappa shape index (κ3) is 5.74. The van der Waals surface area contributed by atoms with Gasteiger partial charge in [-0.2, -0.15) is 0 Å². The third-order valence-electron chi connectivity index (χ3n) is 17.1. The lowest BCUT2D eigenvalue weighted by atomic mass is 9.35. The summed E-state index contributed by atoms with van der Waals surface area (Å²) in [6, 6.07) is 15.4. The molecule has 2 aromatic rings. The number of aromatic hydroxyl groups is 1. The second-order valence-electron chi connectivity index (χ2n) is 20.4. The van der Waals surface area contributed by atoms with Gasteiger partial charge in [-0.25, -0.2) is 0 Å². The minimum Gasteiger partial charge on any atom is -0.508 e. The number of nitrogens with two attached hydrogens (primary N) is 1. The maximum absolute atomic E-state index is 14.6. The van der Waals surface area contributed by atoms with Crippen LogP contribution < -0.4 is 5.73 Å². The van der Waals surface area contributed by atoms with Crippen molar-refractivity contribution < 1.29 is 29.6 Å². The van der Waals surface area contributed by atoms with Gasteiger partial charge in [0.15, 0.2) is 5.78 Å². The molecule has 0 bridgehead atoms. The summed E-state index contributed by atoms with van der Waals surface area (Å²) in [6.07, 6.45) is 7.24. The zero-order valence-electron chi connectivity index (χ0n) is 34.2. The van der Waals surface area contributed by atoms with Gasteiger partial charge >= 0.3 is 0 Å². The molecule has 0 unspecified atom stereocenters. The standard InChI is InChI=1S/C48H65NO6/c1-8-12-29(23-36(51)43-48(7,55-43)34-18-11-17-32(34)27-13-9-15-30(49)21-27)40-35-19-20-39-45(4)24-33(28-14-10-16-31(50)22-28)42(54)44(2,3)41(45)38(53)26-47(39,6)46(35,5)25-37(40)52/h9-10,13-16,21-22,29,32-34,36,38-39,41,43,50-51,53H,8,11-12,17-20,23-26,49H2,1-7H3/t29-,32-,33-,34+,36-,38-,39-,41+,43-,45+,46+,47+,48-/m1/s1. The van der Waals surface area contributed by atoms with E-state index in [1.54, 1.807) is 12.1 Å². The Morgan fingerprint density at radius 1 is 0.945 bits per heavy atom. The van der Waals surface area contributed by atoms with Crippen LogP contribution in [0.1, 0.15) is 142 Å². The smallest absolute Gasteiger partial charge is 0.160 e. The number of Topliss-reactive ketones (excluding diaryl/α,β-unsaturated/α-hetero) is 2. The number of fused-ring (bicyclic) bond motifs is 5. The van der Waals surface area contributed by atoms with Gasteiger partial charge in [-0.3, -0.25) is 9.59 Å². The summed E-state index contributed by atoms with van der Waals surface area (Å²) in [6.45, 7) is 15.3. The maximum atomic E-state index is 14.6. The van der Waals surface area contributed by atoms with Gasteiger partial charge in [0, 0.05) is 34.8 Å². The fraction of sp³-hybridized carbons (Fsp3) is 0.667. The number of carbonyl (C=O) groups is 2. The molecule has 8 rings (SSSR count). The molecule has 7 nitrogen and oxygen atoms in total. The summed E-state index contributed by atoms with van der Waals surface area (Å²) in [4.78, 5) is 28.8. The van der Waals surface area contributed by atoms with Gasteiger partial charge in [0.25, 0.3) is 0 Å². The minimum absolute atomic E-state index is 0.0514. The Bertz CT molecular complexity index is 1900. The zero-order chi connectivity index (χ0) is 39.5. The number of ketones is 2. The van der Waals surface area contributed by atoms with Crippen LogP contribution in [0.4, 0.5) is 5.69 Å². The van der Waals surface area contributed by atoms with Crippen LogP contribution in [0.15, 0.2) is 59.7 Å². The minimum atomic E-state index is -0.758. The van der Waals surface area contributed by atoms with E-state index in [0.29, 0.717) is 37.5 Å². The van der Waals surface area contributed by atoms with E-state index < -0.39 is 28.6 Å². The molecule has 1 heterocycles. The number of phenolic OH excluding ortho intramolecular Hbond substituents is 1. The number of rotatable bonds is 9. The predicted molar refractivity (Wildman–Crippen MR) is 215 cm³/mol. The van der Waals surface area contributed by atoms with Crippen molar-refractivity contribution in [1.82, 2.24) is 0 Å². The molecule has 13 atom stereocenters. The van der Waals surface area contributed by atoms with E-state index >= 15 is 0 Å². The van der Waals surface area contributed by atoms with Crippen molar-refractivity contribution in [2.45, 2.75) is 155 Å². The molecule has 5 N–H and O–H groups in total. The van der Waals surface area contributed by atoms with E-state index in [2.05, 4.69) is 46.8 Å². The number of benzene rings is 2. The number of hydrogen-bond donors (Lipinski definition) is 4. The summed E-state index contributed by atoms with van der Waals surface area (Å²) in [7, 11) is 0. The largest absolute Gasteiger partial charge is 0.508 e. The van der Waals surface area contributed by atoms with Crippen molar-refractivity contribution in [2.75, 3.05) is 5.73 Å². The SMILES string of the molecule is CCC[C@H](C[C@@H](O)[C@H]1O[C@]1(C)[C@H]1CCC[C@@H]1c1cccc(N)c1)C1=C2CC[C@@H]3[C@]4(C)C[C@H](c5cccc(O)c5)C(=O)C(C)(C)[C@@H]4[C@H](O)C[C@]3(C)[C@@]2(C)CC1=O. The fourth-order valence-electron chi connectivity index (χ4n) is 14.7. The van der Waals surface area contributed by atoms with Crippen LogP contribution in [0.2, 0.25) is 0 Å². The topological polar surface area (TPSA) is 133 Å². The molecule has 55 heavy (non-hydrogen) atoms. The van der Waals surface area contributed by atoms with Gasteiger partial charge in [0.05, 0.1) is 17.8 Å². The number of carbonyl (C=O) groups excluding carboxylic acids is 2. The molecule has 0 spiro atoms. The molecule has 5 fully saturated rings. The average molecular weight is 752 g/mol. The highest BCUT2D eigenvalue weighted by atomic mass is 16.6. The molecule has 2 aromatic carbocycles. The fourth-order valence-corrected chi connectivity index (χ4v) is 14.7. The summed E-state index contributed by atoms with van der Waals surface area (Å²) in [5.74, 6) is 0.716. The summed E-state index contributed by atoms with van der Waals surface area (Å²) >= 11 is 0. The van der Waals surface area contributed by atoms with Crippen LogP contribution >= 0.6 is 0 Å². The molecule has 0 aromatic heterocycles. The third-order valence-corrected chi connectivity index (χ3v) is 17.1. The first kappa shape index (κ1) is 38.9. The highest BCUT2D eigenvalue weighted by molar-refractivity contribution is 6.00.